The van der Waals surface area contributed by atoms with E-state index in [1.54, 1.807) is 7.11 Å². The average molecular weight is 316 g/mol. The minimum Gasteiger partial charge on any atom is -0.493 e. The number of nitrogens with one attached hydrogen (secondary N) is 2. The second-order valence-electron chi connectivity index (χ2n) is 5.55. The molecule has 0 unspecified atom stereocenters. The van der Waals surface area contributed by atoms with E-state index >= 15 is 0 Å². The summed E-state index contributed by atoms with van der Waals surface area (Å²) in [5.74, 6) is 1.17. The maximum atomic E-state index is 11.9. The van der Waals surface area contributed by atoms with E-state index in [0.717, 1.165) is 24.2 Å². The van der Waals surface area contributed by atoms with Crippen LogP contribution in [0.3, 0.4) is 0 Å². The molecule has 2 N–H and O–H groups in total. The van der Waals surface area contributed by atoms with Crippen LogP contribution < -0.4 is 14.8 Å². The number of rotatable bonds is 6. The molecule has 1 aliphatic rings. The van der Waals surface area contributed by atoms with Crippen LogP contribution in [0.15, 0.2) is 24.4 Å². The summed E-state index contributed by atoms with van der Waals surface area (Å²) in [6, 6.07) is 5.69. The Morgan fingerprint density at radius 1 is 1.35 bits per heavy atom. The zero-order valence-corrected chi connectivity index (χ0v) is 13.0. The van der Waals surface area contributed by atoms with E-state index in [2.05, 4.69) is 20.7 Å². The summed E-state index contributed by atoms with van der Waals surface area (Å²) < 4.78 is 11.4. The maximum Gasteiger partial charge on any atom is 0.273 e. The van der Waals surface area contributed by atoms with Gasteiger partial charge in [-0.1, -0.05) is 6.07 Å². The van der Waals surface area contributed by atoms with E-state index in [0.29, 0.717) is 12.3 Å². The van der Waals surface area contributed by atoms with Crippen LogP contribution in [0.4, 0.5) is 0 Å². The molecular weight excluding hydrogens is 296 g/mol. The van der Waals surface area contributed by atoms with Crippen LogP contribution in [0, 0.1) is 0 Å². The Balaban J connectivity index is 1.66. The Morgan fingerprint density at radius 2 is 2.17 bits per heavy atom. The molecule has 1 aromatic carbocycles. The zero-order valence-electron chi connectivity index (χ0n) is 13.0. The van der Waals surface area contributed by atoms with Crippen LogP contribution >= 0.6 is 0 Å². The number of aromatic nitrogens is 3. The predicted molar refractivity (Wildman–Crippen MR) is 83.4 cm³/mol. The average Bonchev–Trinajstić information content (AvgIpc) is 3.26. The predicted octanol–water partition coefficient (Wildman–Crippen LogP) is 2.06. The van der Waals surface area contributed by atoms with Crippen molar-refractivity contribution in [1.29, 1.82) is 0 Å². The van der Waals surface area contributed by atoms with Gasteiger partial charge in [0.2, 0.25) is 0 Å². The lowest BCUT2D eigenvalue weighted by Crippen LogP contribution is -2.23. The van der Waals surface area contributed by atoms with Crippen LogP contribution in [-0.4, -0.2) is 34.5 Å². The van der Waals surface area contributed by atoms with Crippen LogP contribution in [0.25, 0.3) is 0 Å². The van der Waals surface area contributed by atoms with E-state index in [1.807, 2.05) is 18.2 Å². The first-order valence-electron chi connectivity index (χ1n) is 7.74. The molecule has 0 saturated heterocycles. The molecular formula is C16H20N4O3. The maximum absolute atomic E-state index is 11.9. The monoisotopic (exact) mass is 316 g/mol. The minimum absolute atomic E-state index is 0.254. The fraction of sp³-hybridized carbons (Fsp3) is 0.438. The molecule has 0 spiro atoms. The number of carbonyl (C=O) groups is 1. The number of methoxy groups -OCH3 is 1. The summed E-state index contributed by atoms with van der Waals surface area (Å²) in [7, 11) is 1.63. The number of H-pyrrole nitrogens is 1. The third-order valence-corrected chi connectivity index (χ3v) is 3.92. The van der Waals surface area contributed by atoms with Crippen molar-refractivity contribution in [2.75, 3.05) is 7.11 Å². The van der Waals surface area contributed by atoms with Gasteiger partial charge < -0.3 is 14.8 Å². The first kappa shape index (κ1) is 15.3. The van der Waals surface area contributed by atoms with Crippen molar-refractivity contribution in [2.45, 2.75) is 38.3 Å². The van der Waals surface area contributed by atoms with Gasteiger partial charge in [-0.25, -0.2) is 0 Å². The SMILES string of the molecule is COc1ccc(CNC(=O)c2cn[nH]n2)cc1OC1CCCC1. The first-order valence-corrected chi connectivity index (χ1v) is 7.74. The van der Waals surface area contributed by atoms with Crippen LogP contribution in [0.2, 0.25) is 0 Å². The highest BCUT2D eigenvalue weighted by molar-refractivity contribution is 5.91. The Bertz CT molecular complexity index is 651. The van der Waals surface area contributed by atoms with Crippen LogP contribution in [0.1, 0.15) is 41.7 Å². The van der Waals surface area contributed by atoms with Crippen molar-refractivity contribution in [3.05, 3.63) is 35.7 Å². The highest BCUT2D eigenvalue weighted by atomic mass is 16.5. The molecule has 1 heterocycles. The van der Waals surface area contributed by atoms with Gasteiger partial charge in [0.25, 0.3) is 5.91 Å². The number of hydrogen-bond acceptors (Lipinski definition) is 5. The second-order valence-corrected chi connectivity index (χ2v) is 5.55. The van der Waals surface area contributed by atoms with Gasteiger partial charge >= 0.3 is 0 Å². The smallest absolute Gasteiger partial charge is 0.273 e. The van der Waals surface area contributed by atoms with Gasteiger partial charge in [-0.3, -0.25) is 4.79 Å². The summed E-state index contributed by atoms with van der Waals surface area (Å²) in [6.07, 6.45) is 6.22. The highest BCUT2D eigenvalue weighted by Gasteiger charge is 2.18. The van der Waals surface area contributed by atoms with Crippen molar-refractivity contribution in [3.63, 3.8) is 0 Å². The summed E-state index contributed by atoms with van der Waals surface area (Å²) >= 11 is 0. The largest absolute Gasteiger partial charge is 0.493 e. The van der Waals surface area contributed by atoms with Crippen LogP contribution in [0.5, 0.6) is 11.5 Å². The number of hydrogen-bond donors (Lipinski definition) is 2. The van der Waals surface area contributed by atoms with E-state index in [4.69, 9.17) is 9.47 Å². The molecule has 0 aliphatic heterocycles. The molecule has 1 aromatic heterocycles. The van der Waals surface area contributed by atoms with Gasteiger partial charge in [0, 0.05) is 6.54 Å². The number of benzene rings is 1. The van der Waals surface area contributed by atoms with Crippen LogP contribution in [-0.2, 0) is 6.54 Å². The lowest BCUT2D eigenvalue weighted by molar-refractivity contribution is 0.0945. The normalized spacial score (nSPS) is 14.7. The van der Waals surface area contributed by atoms with Gasteiger partial charge in [-0.15, -0.1) is 0 Å². The van der Waals surface area contributed by atoms with Crippen molar-refractivity contribution in [1.82, 2.24) is 20.7 Å². The topological polar surface area (TPSA) is 89.1 Å². The molecule has 7 nitrogen and oxygen atoms in total. The third-order valence-electron chi connectivity index (χ3n) is 3.92. The molecule has 122 valence electrons. The Kier molecular flexibility index (Phi) is 4.75. The van der Waals surface area contributed by atoms with Crippen molar-refractivity contribution < 1.29 is 14.3 Å². The lowest BCUT2D eigenvalue weighted by atomic mass is 10.2. The Labute approximate surface area is 134 Å². The number of amides is 1. The van der Waals surface area contributed by atoms with E-state index in [1.165, 1.54) is 19.0 Å². The zero-order chi connectivity index (χ0) is 16.1. The fourth-order valence-electron chi connectivity index (χ4n) is 2.69. The number of nitrogens with zero attached hydrogens (tertiary/aromatic N) is 2. The molecule has 0 atom stereocenters. The fourth-order valence-corrected chi connectivity index (χ4v) is 2.69. The quantitative estimate of drug-likeness (QED) is 0.851. The summed E-state index contributed by atoms with van der Waals surface area (Å²) in [4.78, 5) is 11.9. The summed E-state index contributed by atoms with van der Waals surface area (Å²) in [6.45, 7) is 0.386. The molecule has 23 heavy (non-hydrogen) atoms. The lowest BCUT2D eigenvalue weighted by Gasteiger charge is -2.17. The van der Waals surface area contributed by atoms with Gasteiger partial charge in [0.1, 0.15) is 0 Å². The number of ether oxygens (including phenoxy) is 2. The molecule has 2 aromatic rings. The molecule has 7 heteroatoms. The second kappa shape index (κ2) is 7.13. The molecule has 0 bridgehead atoms. The van der Waals surface area contributed by atoms with Crippen molar-refractivity contribution in [3.8, 4) is 11.5 Å². The molecule has 1 saturated carbocycles. The van der Waals surface area contributed by atoms with Gasteiger partial charge in [0.15, 0.2) is 17.2 Å². The van der Waals surface area contributed by atoms with E-state index in [9.17, 15) is 4.79 Å². The number of aromatic amines is 1. The molecule has 3 rings (SSSR count). The van der Waals surface area contributed by atoms with Crippen molar-refractivity contribution >= 4 is 5.91 Å². The first-order chi connectivity index (χ1) is 11.3. The highest BCUT2D eigenvalue weighted by Crippen LogP contribution is 2.32. The third kappa shape index (κ3) is 3.80. The summed E-state index contributed by atoms with van der Waals surface area (Å²) in [5.41, 5.74) is 1.21. The van der Waals surface area contributed by atoms with E-state index in [-0.39, 0.29) is 17.7 Å². The molecule has 1 fully saturated rings. The number of carbonyl (C=O) groups excluding carboxylic acids is 1. The Morgan fingerprint density at radius 3 is 2.87 bits per heavy atom. The van der Waals surface area contributed by atoms with Gasteiger partial charge in [-0.2, -0.15) is 15.4 Å². The molecule has 0 radical (unpaired) electrons. The standard InChI is InChI=1S/C16H20N4O3/c1-22-14-7-6-11(8-15(14)23-12-4-2-3-5-12)9-17-16(21)13-10-18-20-19-13/h6-8,10,12H,2-5,9H2,1H3,(H,17,21)(H,18,19,20). The van der Waals surface area contributed by atoms with E-state index < -0.39 is 0 Å². The van der Waals surface area contributed by atoms with Crippen molar-refractivity contribution in [2.24, 2.45) is 0 Å². The Hall–Kier alpha value is -2.57. The van der Waals surface area contributed by atoms with Gasteiger partial charge in [-0.05, 0) is 43.4 Å². The molecule has 1 amide bonds. The molecule has 1 aliphatic carbocycles. The van der Waals surface area contributed by atoms with Gasteiger partial charge in [0.05, 0.1) is 19.4 Å². The minimum atomic E-state index is -0.271. The summed E-state index contributed by atoms with van der Waals surface area (Å²) in [5, 5.41) is 12.6.